The molecule has 0 saturated carbocycles. The third kappa shape index (κ3) is 4.57. The molecule has 3 aromatic carbocycles. The van der Waals surface area contributed by atoms with Gasteiger partial charge < -0.3 is 10.6 Å². The maximum absolute atomic E-state index is 13.2. The van der Waals surface area contributed by atoms with E-state index in [-0.39, 0.29) is 28.1 Å². The monoisotopic (exact) mass is 495 g/mol. The number of carbonyl (C=O) groups is 4. The van der Waals surface area contributed by atoms with Gasteiger partial charge >= 0.3 is 6.18 Å². The zero-order chi connectivity index (χ0) is 26.4. The first-order chi connectivity index (χ1) is 16.9. The summed E-state index contributed by atoms with van der Waals surface area (Å²) in [5, 5.41) is 4.73. The summed E-state index contributed by atoms with van der Waals surface area (Å²) in [4.78, 5) is 51.6. The van der Waals surface area contributed by atoms with Crippen LogP contribution in [0.2, 0.25) is 0 Å². The lowest BCUT2D eigenvalue weighted by Gasteiger charge is -2.17. The van der Waals surface area contributed by atoms with Crippen molar-refractivity contribution in [2.45, 2.75) is 26.9 Å². The van der Waals surface area contributed by atoms with Gasteiger partial charge in [-0.2, -0.15) is 13.2 Å². The van der Waals surface area contributed by atoms with E-state index in [1.807, 2.05) is 13.0 Å². The van der Waals surface area contributed by atoms with Gasteiger partial charge in [-0.3, -0.25) is 19.2 Å². The quantitative estimate of drug-likeness (QED) is 0.478. The summed E-state index contributed by atoms with van der Waals surface area (Å²) in [7, 11) is 0. The fourth-order valence-electron chi connectivity index (χ4n) is 3.88. The molecule has 4 amide bonds. The number of rotatable bonds is 4. The van der Waals surface area contributed by atoms with Gasteiger partial charge in [0.2, 0.25) is 5.91 Å². The van der Waals surface area contributed by atoms with Crippen LogP contribution in [0.1, 0.15) is 54.7 Å². The van der Waals surface area contributed by atoms with Gasteiger partial charge in [0.15, 0.2) is 0 Å². The molecule has 0 aromatic heterocycles. The van der Waals surface area contributed by atoms with E-state index >= 15 is 0 Å². The summed E-state index contributed by atoms with van der Waals surface area (Å²) in [6, 6.07) is 11.7. The normalized spacial score (nSPS) is 13.0. The standard InChI is InChI=1S/C26H20F3N3O4/c1-13-4-5-14(2)22(10-13)32-24(35)18-8-6-16(11-19(18)25(32)36)23(34)31-21-12-17(26(27,28)29)7-9-20(21)30-15(3)33/h4-12H,1-3H3,(H,30,33)(H,31,34). The van der Waals surface area contributed by atoms with Crippen molar-refractivity contribution in [1.29, 1.82) is 0 Å². The van der Waals surface area contributed by atoms with Crippen molar-refractivity contribution in [3.05, 3.63) is 88.0 Å². The number of hydrogen-bond donors (Lipinski definition) is 2. The molecule has 0 saturated heterocycles. The molecule has 0 spiro atoms. The number of hydrogen-bond acceptors (Lipinski definition) is 4. The number of imide groups is 1. The van der Waals surface area contributed by atoms with Crippen LogP contribution in [0.15, 0.2) is 54.6 Å². The molecule has 0 aliphatic carbocycles. The SMILES string of the molecule is CC(=O)Nc1ccc(C(F)(F)F)cc1NC(=O)c1ccc2c(c1)C(=O)N(c1cc(C)ccc1C)C2=O. The lowest BCUT2D eigenvalue weighted by atomic mass is 10.0. The van der Waals surface area contributed by atoms with Crippen LogP contribution < -0.4 is 15.5 Å². The summed E-state index contributed by atoms with van der Waals surface area (Å²) < 4.78 is 39.6. The van der Waals surface area contributed by atoms with Crippen LogP contribution in [0, 0.1) is 13.8 Å². The third-order valence-electron chi connectivity index (χ3n) is 5.66. The first-order valence-electron chi connectivity index (χ1n) is 10.8. The van der Waals surface area contributed by atoms with E-state index in [4.69, 9.17) is 0 Å². The van der Waals surface area contributed by atoms with Crippen LogP contribution in [0.4, 0.5) is 30.2 Å². The van der Waals surface area contributed by atoms with Crippen molar-refractivity contribution in [3.63, 3.8) is 0 Å². The van der Waals surface area contributed by atoms with E-state index in [1.165, 1.54) is 25.1 Å². The first kappa shape index (κ1) is 24.6. The molecule has 3 aromatic rings. The summed E-state index contributed by atoms with van der Waals surface area (Å²) in [6.07, 6.45) is -4.67. The van der Waals surface area contributed by atoms with Crippen molar-refractivity contribution >= 4 is 40.7 Å². The van der Waals surface area contributed by atoms with Crippen molar-refractivity contribution in [2.75, 3.05) is 15.5 Å². The minimum absolute atomic E-state index is 0.000294. The minimum Gasteiger partial charge on any atom is -0.325 e. The van der Waals surface area contributed by atoms with Gasteiger partial charge in [-0.05, 0) is 67.4 Å². The first-order valence-corrected chi connectivity index (χ1v) is 10.8. The molecular weight excluding hydrogens is 475 g/mol. The number of nitrogens with zero attached hydrogens (tertiary/aromatic N) is 1. The van der Waals surface area contributed by atoms with E-state index in [2.05, 4.69) is 10.6 Å². The highest BCUT2D eigenvalue weighted by Gasteiger charge is 2.38. The Balaban J connectivity index is 1.67. The van der Waals surface area contributed by atoms with Gasteiger partial charge in [0.1, 0.15) is 0 Å². The average Bonchev–Trinajstić information content (AvgIpc) is 3.05. The van der Waals surface area contributed by atoms with Crippen LogP contribution >= 0.6 is 0 Å². The average molecular weight is 495 g/mol. The Kier molecular flexibility index (Phi) is 6.13. The summed E-state index contributed by atoms with van der Waals surface area (Å²) in [5.41, 5.74) is 0.717. The molecule has 0 fully saturated rings. The predicted molar refractivity (Wildman–Crippen MR) is 127 cm³/mol. The number of amides is 4. The van der Waals surface area contributed by atoms with Crippen molar-refractivity contribution < 1.29 is 32.3 Å². The molecule has 2 N–H and O–H groups in total. The van der Waals surface area contributed by atoms with Crippen molar-refractivity contribution in [1.82, 2.24) is 0 Å². The third-order valence-corrected chi connectivity index (χ3v) is 5.66. The minimum atomic E-state index is -4.67. The van der Waals surface area contributed by atoms with Crippen LogP contribution in [-0.2, 0) is 11.0 Å². The molecule has 10 heteroatoms. The molecule has 1 aliphatic heterocycles. The van der Waals surface area contributed by atoms with Crippen LogP contribution in [-0.4, -0.2) is 23.6 Å². The van der Waals surface area contributed by atoms with Gasteiger partial charge in [0.05, 0.1) is 33.8 Å². The molecule has 7 nitrogen and oxygen atoms in total. The van der Waals surface area contributed by atoms with Gasteiger partial charge in [-0.1, -0.05) is 12.1 Å². The maximum atomic E-state index is 13.2. The predicted octanol–water partition coefficient (Wildman–Crippen LogP) is 5.33. The number of benzene rings is 3. The zero-order valence-electron chi connectivity index (χ0n) is 19.4. The molecule has 4 rings (SSSR count). The van der Waals surface area contributed by atoms with Gasteiger partial charge in [-0.25, -0.2) is 4.90 Å². The molecule has 0 radical (unpaired) electrons. The second kappa shape index (κ2) is 8.95. The van der Waals surface area contributed by atoms with E-state index in [0.29, 0.717) is 17.3 Å². The van der Waals surface area contributed by atoms with E-state index in [1.54, 1.807) is 19.1 Å². The summed E-state index contributed by atoms with van der Waals surface area (Å²) in [6.45, 7) is 4.76. The van der Waals surface area contributed by atoms with Crippen molar-refractivity contribution in [2.24, 2.45) is 0 Å². The van der Waals surface area contributed by atoms with Gasteiger partial charge in [0.25, 0.3) is 17.7 Å². The fourth-order valence-corrected chi connectivity index (χ4v) is 3.88. The molecule has 1 aliphatic rings. The van der Waals surface area contributed by atoms with Crippen molar-refractivity contribution in [3.8, 4) is 0 Å². The Labute approximate surface area is 203 Å². The number of anilines is 3. The number of nitrogens with one attached hydrogen (secondary N) is 2. The molecular formula is C26H20F3N3O4. The molecule has 0 unspecified atom stereocenters. The van der Waals surface area contributed by atoms with Gasteiger partial charge in [-0.15, -0.1) is 0 Å². The number of halogens is 3. The number of alkyl halides is 3. The van der Waals surface area contributed by atoms with E-state index in [9.17, 15) is 32.3 Å². The second-order valence-corrected chi connectivity index (χ2v) is 8.39. The number of fused-ring (bicyclic) bond motifs is 1. The smallest absolute Gasteiger partial charge is 0.325 e. The highest BCUT2D eigenvalue weighted by molar-refractivity contribution is 6.35. The van der Waals surface area contributed by atoms with Crippen LogP contribution in [0.25, 0.3) is 0 Å². The Morgan fingerprint density at radius 3 is 2.17 bits per heavy atom. The van der Waals surface area contributed by atoms with Crippen LogP contribution in [0.5, 0.6) is 0 Å². The Morgan fingerprint density at radius 2 is 1.50 bits per heavy atom. The van der Waals surface area contributed by atoms with E-state index < -0.39 is 35.4 Å². The Morgan fingerprint density at radius 1 is 0.806 bits per heavy atom. The Hall–Kier alpha value is -4.47. The highest BCUT2D eigenvalue weighted by atomic mass is 19.4. The van der Waals surface area contributed by atoms with E-state index in [0.717, 1.165) is 22.6 Å². The van der Waals surface area contributed by atoms with Gasteiger partial charge in [0, 0.05) is 12.5 Å². The van der Waals surface area contributed by atoms with Crippen LogP contribution in [0.3, 0.4) is 0 Å². The summed E-state index contributed by atoms with van der Waals surface area (Å²) >= 11 is 0. The lowest BCUT2D eigenvalue weighted by Crippen LogP contribution is -2.30. The largest absolute Gasteiger partial charge is 0.416 e. The molecule has 0 bridgehead atoms. The molecule has 36 heavy (non-hydrogen) atoms. The molecule has 0 atom stereocenters. The number of aryl methyl sites for hydroxylation is 2. The highest BCUT2D eigenvalue weighted by Crippen LogP contribution is 2.35. The topological polar surface area (TPSA) is 95.6 Å². The Bertz CT molecular complexity index is 1450. The number of carbonyl (C=O) groups excluding carboxylic acids is 4. The fraction of sp³-hybridized carbons (Fsp3) is 0.154. The second-order valence-electron chi connectivity index (χ2n) is 8.39. The summed E-state index contributed by atoms with van der Waals surface area (Å²) in [5.74, 6) is -2.52. The molecule has 1 heterocycles. The zero-order valence-corrected chi connectivity index (χ0v) is 19.4. The molecule has 184 valence electrons. The maximum Gasteiger partial charge on any atom is 0.416 e. The lowest BCUT2D eigenvalue weighted by molar-refractivity contribution is -0.137.